The van der Waals surface area contributed by atoms with Gasteiger partial charge in [0.25, 0.3) is 0 Å². The maximum absolute atomic E-state index is 12.9. The van der Waals surface area contributed by atoms with Gasteiger partial charge in [-0.2, -0.15) is 0 Å². The molecule has 0 spiro atoms. The zero-order valence-corrected chi connectivity index (χ0v) is 16.5. The minimum atomic E-state index is -0.690. The standard InChI is InChI=1S/C22H32O4/c1-5-6-12-22(21(24)25-15-16(2)3)13-8-11-19(22)26-20(23)18-10-7-9-17(4)14-18/h7,9-10,14,16,19H,5-6,8,11-13,15H2,1-4H3. The number of benzene rings is 1. The van der Waals surface area contributed by atoms with Crippen LogP contribution in [0, 0.1) is 18.3 Å². The number of carbonyl (C=O) groups is 2. The first-order valence-corrected chi connectivity index (χ1v) is 9.84. The second-order valence-corrected chi connectivity index (χ2v) is 7.91. The van der Waals surface area contributed by atoms with Crippen LogP contribution >= 0.6 is 0 Å². The van der Waals surface area contributed by atoms with Crippen LogP contribution in [0.2, 0.25) is 0 Å². The lowest BCUT2D eigenvalue weighted by atomic mass is 9.79. The largest absolute Gasteiger partial charge is 0.465 e. The summed E-state index contributed by atoms with van der Waals surface area (Å²) in [5, 5.41) is 0. The molecule has 0 saturated heterocycles. The summed E-state index contributed by atoms with van der Waals surface area (Å²) in [6.45, 7) is 8.51. The molecule has 0 aromatic heterocycles. The summed E-state index contributed by atoms with van der Waals surface area (Å²) in [4.78, 5) is 25.6. The van der Waals surface area contributed by atoms with Crippen molar-refractivity contribution in [1.29, 1.82) is 0 Å². The van der Waals surface area contributed by atoms with Crippen LogP contribution in [0.1, 0.15) is 75.2 Å². The van der Waals surface area contributed by atoms with Gasteiger partial charge in [-0.15, -0.1) is 0 Å². The maximum Gasteiger partial charge on any atom is 0.338 e. The third kappa shape index (κ3) is 4.87. The van der Waals surface area contributed by atoms with E-state index in [4.69, 9.17) is 9.47 Å². The average molecular weight is 360 g/mol. The predicted octanol–water partition coefficient (Wildman–Crippen LogP) is 5.08. The molecule has 0 N–H and O–H groups in total. The van der Waals surface area contributed by atoms with Crippen LogP contribution in [-0.2, 0) is 14.3 Å². The molecule has 1 aliphatic carbocycles. The maximum atomic E-state index is 12.9. The Hall–Kier alpha value is -1.84. The van der Waals surface area contributed by atoms with E-state index >= 15 is 0 Å². The summed E-state index contributed by atoms with van der Waals surface area (Å²) in [5.74, 6) is -0.255. The second-order valence-electron chi connectivity index (χ2n) is 7.91. The molecule has 144 valence electrons. The molecule has 2 atom stereocenters. The van der Waals surface area contributed by atoms with E-state index in [0.717, 1.165) is 37.7 Å². The fourth-order valence-corrected chi connectivity index (χ4v) is 3.68. The van der Waals surface area contributed by atoms with Gasteiger partial charge in [0, 0.05) is 0 Å². The van der Waals surface area contributed by atoms with E-state index in [-0.39, 0.29) is 17.9 Å². The van der Waals surface area contributed by atoms with Gasteiger partial charge in [0.05, 0.1) is 12.2 Å². The summed E-state index contributed by atoms with van der Waals surface area (Å²) in [6, 6.07) is 7.38. The summed E-state index contributed by atoms with van der Waals surface area (Å²) in [5.41, 5.74) is 0.862. The second kappa shape index (κ2) is 9.20. The van der Waals surface area contributed by atoms with Gasteiger partial charge in [-0.25, -0.2) is 4.79 Å². The zero-order valence-electron chi connectivity index (χ0n) is 16.5. The van der Waals surface area contributed by atoms with Crippen LogP contribution in [0.3, 0.4) is 0 Å². The van der Waals surface area contributed by atoms with Crippen molar-refractivity contribution in [3.63, 3.8) is 0 Å². The Morgan fingerprint density at radius 3 is 2.73 bits per heavy atom. The van der Waals surface area contributed by atoms with Crippen molar-refractivity contribution in [1.82, 2.24) is 0 Å². The first-order chi connectivity index (χ1) is 12.4. The van der Waals surface area contributed by atoms with E-state index in [9.17, 15) is 9.59 Å². The van der Waals surface area contributed by atoms with Gasteiger partial charge in [0.1, 0.15) is 11.5 Å². The first kappa shape index (κ1) is 20.5. The average Bonchev–Trinajstić information content (AvgIpc) is 3.01. The fourth-order valence-electron chi connectivity index (χ4n) is 3.68. The summed E-state index contributed by atoms with van der Waals surface area (Å²) in [6.07, 6.45) is 4.57. The summed E-state index contributed by atoms with van der Waals surface area (Å²) in [7, 11) is 0. The monoisotopic (exact) mass is 360 g/mol. The minimum absolute atomic E-state index is 0.195. The number of rotatable bonds is 8. The van der Waals surface area contributed by atoms with E-state index in [1.54, 1.807) is 6.07 Å². The van der Waals surface area contributed by atoms with Crippen LogP contribution < -0.4 is 0 Å². The van der Waals surface area contributed by atoms with E-state index in [2.05, 4.69) is 6.92 Å². The number of esters is 2. The first-order valence-electron chi connectivity index (χ1n) is 9.84. The Morgan fingerprint density at radius 1 is 1.31 bits per heavy atom. The number of aryl methyl sites for hydroxylation is 1. The van der Waals surface area contributed by atoms with Crippen molar-refractivity contribution >= 4 is 11.9 Å². The van der Waals surface area contributed by atoms with Crippen molar-refractivity contribution in [2.24, 2.45) is 11.3 Å². The number of unbranched alkanes of at least 4 members (excludes halogenated alkanes) is 1. The lowest BCUT2D eigenvalue weighted by molar-refractivity contribution is -0.163. The highest BCUT2D eigenvalue weighted by atomic mass is 16.6. The van der Waals surface area contributed by atoms with Crippen molar-refractivity contribution in [2.75, 3.05) is 6.61 Å². The molecule has 1 saturated carbocycles. The predicted molar refractivity (Wildman–Crippen MR) is 102 cm³/mol. The smallest absolute Gasteiger partial charge is 0.338 e. The number of ether oxygens (including phenoxy) is 2. The summed E-state index contributed by atoms with van der Waals surface area (Å²) < 4.78 is 11.4. The Balaban J connectivity index is 2.17. The van der Waals surface area contributed by atoms with E-state index in [1.165, 1.54) is 0 Å². The van der Waals surface area contributed by atoms with Crippen LogP contribution in [0.4, 0.5) is 0 Å². The van der Waals surface area contributed by atoms with Gasteiger partial charge in [-0.1, -0.05) is 51.3 Å². The molecule has 1 aromatic carbocycles. The Morgan fingerprint density at radius 2 is 2.08 bits per heavy atom. The van der Waals surface area contributed by atoms with Gasteiger partial charge < -0.3 is 9.47 Å². The molecule has 1 aromatic rings. The fraction of sp³-hybridized carbons (Fsp3) is 0.636. The quantitative estimate of drug-likeness (QED) is 0.607. The molecule has 0 bridgehead atoms. The number of carbonyl (C=O) groups excluding carboxylic acids is 2. The minimum Gasteiger partial charge on any atom is -0.465 e. The third-order valence-corrected chi connectivity index (χ3v) is 5.14. The van der Waals surface area contributed by atoms with Crippen molar-refractivity contribution in [2.45, 2.75) is 72.3 Å². The van der Waals surface area contributed by atoms with E-state index < -0.39 is 11.5 Å². The molecule has 2 unspecified atom stereocenters. The van der Waals surface area contributed by atoms with Crippen LogP contribution in [0.5, 0.6) is 0 Å². The van der Waals surface area contributed by atoms with Crippen LogP contribution in [0.15, 0.2) is 24.3 Å². The van der Waals surface area contributed by atoms with Crippen molar-refractivity contribution in [3.8, 4) is 0 Å². The number of hydrogen-bond acceptors (Lipinski definition) is 4. The molecule has 0 amide bonds. The molecule has 26 heavy (non-hydrogen) atoms. The SMILES string of the molecule is CCCCC1(C(=O)OCC(C)C)CCCC1OC(=O)c1cccc(C)c1. The molecule has 0 radical (unpaired) electrons. The molecule has 1 aliphatic rings. The highest BCUT2D eigenvalue weighted by molar-refractivity contribution is 5.90. The molecular weight excluding hydrogens is 328 g/mol. The van der Waals surface area contributed by atoms with Gasteiger partial charge in [-0.3, -0.25) is 4.79 Å². The zero-order chi connectivity index (χ0) is 19.2. The summed E-state index contributed by atoms with van der Waals surface area (Å²) >= 11 is 0. The third-order valence-electron chi connectivity index (χ3n) is 5.14. The molecule has 0 aliphatic heterocycles. The lowest BCUT2D eigenvalue weighted by Gasteiger charge is -2.33. The Labute approximate surface area is 157 Å². The molecule has 1 fully saturated rings. The van der Waals surface area contributed by atoms with E-state index in [1.807, 2.05) is 39.0 Å². The van der Waals surface area contributed by atoms with Crippen molar-refractivity contribution in [3.05, 3.63) is 35.4 Å². The topological polar surface area (TPSA) is 52.6 Å². The highest BCUT2D eigenvalue weighted by Gasteiger charge is 2.52. The highest BCUT2D eigenvalue weighted by Crippen LogP contribution is 2.45. The number of hydrogen-bond donors (Lipinski definition) is 0. The molecule has 4 heteroatoms. The molecule has 4 nitrogen and oxygen atoms in total. The normalized spacial score (nSPS) is 22.4. The molecule has 0 heterocycles. The Bertz CT molecular complexity index is 622. The van der Waals surface area contributed by atoms with Gasteiger partial charge in [0.2, 0.25) is 0 Å². The van der Waals surface area contributed by atoms with Gasteiger partial charge in [0.15, 0.2) is 0 Å². The van der Waals surface area contributed by atoms with Gasteiger partial charge in [-0.05, 0) is 50.7 Å². The lowest BCUT2D eigenvalue weighted by Crippen LogP contribution is -2.42. The van der Waals surface area contributed by atoms with Gasteiger partial charge >= 0.3 is 11.9 Å². The Kier molecular flexibility index (Phi) is 7.24. The van der Waals surface area contributed by atoms with Crippen LogP contribution in [-0.4, -0.2) is 24.6 Å². The van der Waals surface area contributed by atoms with Crippen molar-refractivity contribution < 1.29 is 19.1 Å². The van der Waals surface area contributed by atoms with Crippen LogP contribution in [0.25, 0.3) is 0 Å². The molecular formula is C22H32O4. The van der Waals surface area contributed by atoms with E-state index in [0.29, 0.717) is 18.6 Å². The molecule has 2 rings (SSSR count).